The number of nitrogens with zero attached hydrogens (tertiary/aromatic N) is 1. The number of anilines is 1. The number of amides is 3. The molecule has 3 amide bonds. The predicted molar refractivity (Wildman–Crippen MR) is 206 cm³/mol. The fourth-order valence-electron chi connectivity index (χ4n) is 5.31. The number of aromatic carboxylic acids is 1. The smallest absolute Gasteiger partial charge is 0.441 e. The number of ether oxygens (including phenoxy) is 2. The van der Waals surface area contributed by atoms with Crippen LogP contribution in [0.2, 0.25) is 0 Å². The topological polar surface area (TPSA) is 169 Å². The van der Waals surface area contributed by atoms with Gasteiger partial charge in [-0.1, -0.05) is 69.0 Å². The van der Waals surface area contributed by atoms with E-state index >= 15 is 0 Å². The Hall–Kier alpha value is -7.01. The summed E-state index contributed by atoms with van der Waals surface area (Å²) in [6.45, 7) is 8.14. The first-order chi connectivity index (χ1) is 25.4. The van der Waals surface area contributed by atoms with E-state index in [2.05, 4.69) is 22.2 Å². The average molecular weight is 711 g/mol. The highest BCUT2D eigenvalue weighted by molar-refractivity contribution is 6.12. The van der Waals surface area contributed by atoms with Crippen molar-refractivity contribution in [3.63, 3.8) is 0 Å². The molecule has 11 heteroatoms. The molecule has 5 aromatic rings. The van der Waals surface area contributed by atoms with Gasteiger partial charge in [0.25, 0.3) is 11.8 Å². The van der Waals surface area contributed by atoms with E-state index in [1.165, 1.54) is 19.2 Å². The van der Waals surface area contributed by atoms with Crippen LogP contribution in [0.25, 0.3) is 28.3 Å². The normalized spacial score (nSPS) is 11.1. The molecule has 0 aliphatic heterocycles. The summed E-state index contributed by atoms with van der Waals surface area (Å²) >= 11 is 0. The molecule has 268 valence electrons. The Balaban J connectivity index is 1.44. The fraction of sp³-hybridized carbons (Fsp3) is 0.119. The molecule has 0 aliphatic rings. The van der Waals surface area contributed by atoms with E-state index in [0.29, 0.717) is 29.1 Å². The first-order valence-electron chi connectivity index (χ1n) is 16.6. The van der Waals surface area contributed by atoms with Crippen molar-refractivity contribution >= 4 is 41.5 Å². The van der Waals surface area contributed by atoms with Gasteiger partial charge in [0.1, 0.15) is 17.3 Å². The minimum absolute atomic E-state index is 0.0959. The summed E-state index contributed by atoms with van der Waals surface area (Å²) in [5.74, 6) is -1.19. The number of rotatable bonds is 12. The summed E-state index contributed by atoms with van der Waals surface area (Å²) in [6.07, 6.45) is 0.812. The summed E-state index contributed by atoms with van der Waals surface area (Å²) in [6, 6.07) is 29.9. The van der Waals surface area contributed by atoms with Crippen molar-refractivity contribution in [2.45, 2.75) is 13.8 Å². The Bertz CT molecular complexity index is 2190. The third kappa shape index (κ3) is 9.41. The van der Waals surface area contributed by atoms with E-state index < -0.39 is 23.9 Å². The predicted octanol–water partition coefficient (Wildman–Crippen LogP) is 7.91. The number of amidine groups is 1. The van der Waals surface area contributed by atoms with Crippen LogP contribution < -0.4 is 25.8 Å². The average Bonchev–Trinajstić information content (AvgIpc) is 3.17. The quantitative estimate of drug-likeness (QED) is 0.0748. The number of aliphatic imine (C=N–C) groups is 1. The molecule has 0 aliphatic carbocycles. The fourth-order valence-corrected chi connectivity index (χ4v) is 5.31. The summed E-state index contributed by atoms with van der Waals surface area (Å²) in [7, 11) is 1.53. The van der Waals surface area contributed by atoms with Crippen LogP contribution in [0.1, 0.15) is 56.0 Å². The lowest BCUT2D eigenvalue weighted by Crippen LogP contribution is -2.27. The van der Waals surface area contributed by atoms with Crippen molar-refractivity contribution < 1.29 is 33.8 Å². The largest absolute Gasteiger partial charge is 0.497 e. The molecular weight excluding hydrogens is 672 g/mol. The number of carbonyl (C=O) groups excluding carboxylic acids is 3. The standard InChI is InChI=1S/C42H38N4O7/c1-5-26-6-8-27(9-7-26)29-12-20-34(35-21-13-30(23-37(35)41(49)50)39(47)44-24-25(2)3)36(22-29)40(48)45-31-14-10-28(11-15-31)38(43)46-42(51)53-33-18-16-32(52-4)17-19-33/h5-23,25H,1,24H2,2-4H3,(H,44,47)(H,45,48)(H,49,50)(H2,43,46,51). The Kier molecular flexibility index (Phi) is 11.8. The van der Waals surface area contributed by atoms with Crippen LogP contribution in [-0.2, 0) is 0 Å². The molecule has 0 unspecified atom stereocenters. The third-order valence-electron chi connectivity index (χ3n) is 8.13. The Morgan fingerprint density at radius 1 is 0.774 bits per heavy atom. The lowest BCUT2D eigenvalue weighted by molar-refractivity contribution is 0.0697. The molecule has 0 saturated heterocycles. The molecule has 5 N–H and O–H groups in total. The van der Waals surface area contributed by atoms with Gasteiger partial charge in [0.05, 0.1) is 12.7 Å². The van der Waals surface area contributed by atoms with Gasteiger partial charge in [-0.2, -0.15) is 4.99 Å². The number of carboxylic acids is 1. The van der Waals surface area contributed by atoms with Gasteiger partial charge in [0.2, 0.25) is 0 Å². The minimum Gasteiger partial charge on any atom is -0.497 e. The summed E-state index contributed by atoms with van der Waals surface area (Å²) in [4.78, 5) is 55.5. The van der Waals surface area contributed by atoms with Crippen molar-refractivity contribution in [3.05, 3.63) is 144 Å². The Morgan fingerprint density at radius 2 is 1.38 bits per heavy atom. The van der Waals surface area contributed by atoms with E-state index in [9.17, 15) is 24.3 Å². The van der Waals surface area contributed by atoms with E-state index in [4.69, 9.17) is 15.2 Å². The van der Waals surface area contributed by atoms with E-state index in [1.807, 2.05) is 38.1 Å². The number of carbonyl (C=O) groups is 4. The monoisotopic (exact) mass is 710 g/mol. The number of nitrogens with two attached hydrogens (primary N) is 1. The van der Waals surface area contributed by atoms with Crippen LogP contribution >= 0.6 is 0 Å². The molecule has 0 atom stereocenters. The second kappa shape index (κ2) is 16.8. The maximum absolute atomic E-state index is 14.0. The van der Waals surface area contributed by atoms with Crippen molar-refractivity contribution in [2.24, 2.45) is 16.6 Å². The van der Waals surface area contributed by atoms with Gasteiger partial charge < -0.3 is 30.9 Å². The zero-order chi connectivity index (χ0) is 38.1. The van der Waals surface area contributed by atoms with E-state index in [-0.39, 0.29) is 39.8 Å². The number of carboxylic acid groups (broad SMARTS) is 1. The van der Waals surface area contributed by atoms with Crippen LogP contribution in [0.3, 0.4) is 0 Å². The van der Waals surface area contributed by atoms with E-state index in [0.717, 1.165) is 16.7 Å². The second-order valence-electron chi connectivity index (χ2n) is 12.3. The molecular formula is C42H38N4O7. The van der Waals surface area contributed by atoms with Crippen LogP contribution in [-0.4, -0.2) is 48.5 Å². The van der Waals surface area contributed by atoms with Crippen LogP contribution in [0.5, 0.6) is 11.5 Å². The first-order valence-corrected chi connectivity index (χ1v) is 16.6. The second-order valence-corrected chi connectivity index (χ2v) is 12.3. The molecule has 5 rings (SSSR count). The highest BCUT2D eigenvalue weighted by atomic mass is 16.5. The highest BCUT2D eigenvalue weighted by Gasteiger charge is 2.22. The first kappa shape index (κ1) is 37.3. The number of benzene rings is 5. The van der Waals surface area contributed by atoms with Crippen molar-refractivity contribution in [1.29, 1.82) is 0 Å². The van der Waals surface area contributed by atoms with Crippen LogP contribution in [0.15, 0.2) is 121 Å². The van der Waals surface area contributed by atoms with Crippen molar-refractivity contribution in [1.82, 2.24) is 5.32 Å². The third-order valence-corrected chi connectivity index (χ3v) is 8.13. The lowest BCUT2D eigenvalue weighted by atomic mass is 9.90. The molecule has 0 spiro atoms. The van der Waals surface area contributed by atoms with Gasteiger partial charge in [-0.05, 0) is 100 Å². The van der Waals surface area contributed by atoms with Crippen molar-refractivity contribution in [3.8, 4) is 33.8 Å². The molecule has 11 nitrogen and oxygen atoms in total. The number of nitrogens with one attached hydrogen (secondary N) is 2. The number of methoxy groups -OCH3 is 1. The van der Waals surface area contributed by atoms with Crippen molar-refractivity contribution in [2.75, 3.05) is 19.0 Å². The van der Waals surface area contributed by atoms with Gasteiger partial charge in [-0.3, -0.25) is 9.59 Å². The van der Waals surface area contributed by atoms with Gasteiger partial charge >= 0.3 is 12.1 Å². The SMILES string of the molecule is C=Cc1ccc(-c2ccc(-c3ccc(C(=O)NCC(C)C)cc3C(=O)O)c(C(=O)Nc3ccc(/C(N)=N/C(=O)Oc4ccc(OC)cc4)cc3)c2)cc1. The summed E-state index contributed by atoms with van der Waals surface area (Å²) < 4.78 is 10.3. The van der Waals surface area contributed by atoms with E-state index in [1.54, 1.807) is 78.9 Å². The van der Waals surface area contributed by atoms with Gasteiger partial charge in [0.15, 0.2) is 0 Å². The summed E-state index contributed by atoms with van der Waals surface area (Å²) in [5.41, 5.74) is 10.2. The number of hydrogen-bond acceptors (Lipinski definition) is 6. The maximum atomic E-state index is 14.0. The summed E-state index contributed by atoms with van der Waals surface area (Å²) in [5, 5.41) is 15.9. The molecule has 0 bridgehead atoms. The van der Waals surface area contributed by atoms with Gasteiger partial charge in [-0.15, -0.1) is 0 Å². The Labute approximate surface area is 306 Å². The molecule has 0 saturated carbocycles. The molecule has 53 heavy (non-hydrogen) atoms. The highest BCUT2D eigenvalue weighted by Crippen LogP contribution is 2.33. The van der Waals surface area contributed by atoms with Crippen LogP contribution in [0.4, 0.5) is 10.5 Å². The number of hydrogen-bond donors (Lipinski definition) is 4. The lowest BCUT2D eigenvalue weighted by Gasteiger charge is -2.16. The molecule has 5 aromatic carbocycles. The molecule has 0 aromatic heterocycles. The van der Waals surface area contributed by atoms with Crippen LogP contribution in [0, 0.1) is 5.92 Å². The van der Waals surface area contributed by atoms with Gasteiger partial charge in [0, 0.05) is 28.9 Å². The molecule has 0 fully saturated rings. The minimum atomic E-state index is -1.25. The Morgan fingerprint density at radius 3 is 2.00 bits per heavy atom. The zero-order valence-electron chi connectivity index (χ0n) is 29.4. The van der Waals surface area contributed by atoms with Gasteiger partial charge in [-0.25, -0.2) is 9.59 Å². The zero-order valence-corrected chi connectivity index (χ0v) is 29.4. The molecule has 0 heterocycles. The maximum Gasteiger partial charge on any atom is 0.441 e. The molecule has 0 radical (unpaired) electrons.